The van der Waals surface area contributed by atoms with Gasteiger partial charge in [-0.15, -0.1) is 0 Å². The summed E-state index contributed by atoms with van der Waals surface area (Å²) in [5.41, 5.74) is 1.04. The molecule has 1 saturated heterocycles. The molecule has 0 amide bonds. The summed E-state index contributed by atoms with van der Waals surface area (Å²) in [5, 5.41) is 7.16. The summed E-state index contributed by atoms with van der Waals surface area (Å²) < 4.78 is 11.1. The SMILES string of the molecule is Cc1noc([C@@H]2CC[C@H](CNCc3ccccn3)O2)n1. The van der Waals surface area contributed by atoms with Gasteiger partial charge in [-0.1, -0.05) is 11.2 Å². The van der Waals surface area contributed by atoms with Crippen molar-refractivity contribution in [2.45, 2.75) is 38.5 Å². The van der Waals surface area contributed by atoms with E-state index in [0.29, 0.717) is 11.7 Å². The van der Waals surface area contributed by atoms with E-state index in [1.165, 1.54) is 0 Å². The Labute approximate surface area is 117 Å². The fourth-order valence-electron chi connectivity index (χ4n) is 2.35. The highest BCUT2D eigenvalue weighted by Crippen LogP contribution is 2.31. The highest BCUT2D eigenvalue weighted by Gasteiger charge is 2.30. The topological polar surface area (TPSA) is 73.1 Å². The third kappa shape index (κ3) is 3.20. The molecule has 106 valence electrons. The Morgan fingerprint density at radius 2 is 2.30 bits per heavy atom. The Balaban J connectivity index is 1.44. The maximum atomic E-state index is 5.92. The van der Waals surface area contributed by atoms with Crippen LogP contribution in [0, 0.1) is 6.92 Å². The number of rotatable bonds is 5. The predicted molar refractivity (Wildman–Crippen MR) is 71.8 cm³/mol. The van der Waals surface area contributed by atoms with E-state index in [0.717, 1.165) is 31.6 Å². The Kier molecular flexibility index (Phi) is 4.03. The molecule has 3 heterocycles. The predicted octanol–water partition coefficient (Wildman–Crippen LogP) is 1.78. The summed E-state index contributed by atoms with van der Waals surface area (Å²) in [5.74, 6) is 1.25. The normalized spacial score (nSPS) is 22.2. The summed E-state index contributed by atoms with van der Waals surface area (Å²) in [4.78, 5) is 8.49. The van der Waals surface area contributed by atoms with Crippen LogP contribution in [0.2, 0.25) is 0 Å². The largest absolute Gasteiger partial charge is 0.364 e. The number of pyridine rings is 1. The fraction of sp³-hybridized carbons (Fsp3) is 0.500. The quantitative estimate of drug-likeness (QED) is 0.896. The minimum Gasteiger partial charge on any atom is -0.364 e. The zero-order valence-corrected chi connectivity index (χ0v) is 11.5. The van der Waals surface area contributed by atoms with Crippen LogP contribution < -0.4 is 5.32 Å². The average Bonchev–Trinajstić information content (AvgIpc) is 3.09. The van der Waals surface area contributed by atoms with Crippen LogP contribution in [0.15, 0.2) is 28.9 Å². The van der Waals surface area contributed by atoms with E-state index in [-0.39, 0.29) is 12.2 Å². The van der Waals surface area contributed by atoms with Gasteiger partial charge in [0.15, 0.2) is 5.82 Å². The lowest BCUT2D eigenvalue weighted by atomic mass is 10.2. The zero-order chi connectivity index (χ0) is 13.8. The van der Waals surface area contributed by atoms with Gasteiger partial charge >= 0.3 is 0 Å². The van der Waals surface area contributed by atoms with E-state index in [1.54, 1.807) is 6.20 Å². The van der Waals surface area contributed by atoms with E-state index < -0.39 is 0 Å². The fourth-order valence-corrected chi connectivity index (χ4v) is 2.35. The summed E-state index contributed by atoms with van der Waals surface area (Å²) in [6, 6.07) is 5.91. The van der Waals surface area contributed by atoms with Gasteiger partial charge in [-0.2, -0.15) is 4.98 Å². The van der Waals surface area contributed by atoms with Crippen molar-refractivity contribution in [3.05, 3.63) is 41.8 Å². The lowest BCUT2D eigenvalue weighted by Gasteiger charge is -2.12. The molecular formula is C14H18N4O2. The number of hydrogen-bond donors (Lipinski definition) is 1. The van der Waals surface area contributed by atoms with Crippen LogP contribution in [0.25, 0.3) is 0 Å². The first-order chi connectivity index (χ1) is 9.81. The first-order valence-electron chi connectivity index (χ1n) is 6.87. The minimum absolute atomic E-state index is 0.0575. The Morgan fingerprint density at radius 1 is 1.35 bits per heavy atom. The molecule has 0 aliphatic carbocycles. The van der Waals surface area contributed by atoms with Crippen LogP contribution in [-0.4, -0.2) is 27.8 Å². The van der Waals surface area contributed by atoms with Gasteiger partial charge < -0.3 is 14.6 Å². The third-order valence-corrected chi connectivity index (χ3v) is 3.33. The number of aromatic nitrogens is 3. The number of hydrogen-bond acceptors (Lipinski definition) is 6. The van der Waals surface area contributed by atoms with Gasteiger partial charge in [0, 0.05) is 19.3 Å². The molecule has 2 atom stereocenters. The van der Waals surface area contributed by atoms with E-state index in [2.05, 4.69) is 20.4 Å². The Bertz CT molecular complexity index is 543. The van der Waals surface area contributed by atoms with Crippen molar-refractivity contribution >= 4 is 0 Å². The molecule has 1 fully saturated rings. The van der Waals surface area contributed by atoms with Gasteiger partial charge in [0.25, 0.3) is 5.89 Å². The molecule has 0 radical (unpaired) electrons. The molecular weight excluding hydrogens is 256 g/mol. The van der Waals surface area contributed by atoms with Crippen molar-refractivity contribution < 1.29 is 9.26 Å². The lowest BCUT2D eigenvalue weighted by Crippen LogP contribution is -2.26. The molecule has 0 aromatic carbocycles. The number of ether oxygens (including phenoxy) is 1. The van der Waals surface area contributed by atoms with Crippen LogP contribution in [0.5, 0.6) is 0 Å². The van der Waals surface area contributed by atoms with Crippen molar-refractivity contribution in [1.82, 2.24) is 20.4 Å². The van der Waals surface area contributed by atoms with Gasteiger partial charge in [-0.25, -0.2) is 0 Å². The molecule has 0 saturated carbocycles. The molecule has 1 aliphatic heterocycles. The Hall–Kier alpha value is -1.79. The van der Waals surface area contributed by atoms with E-state index in [4.69, 9.17) is 9.26 Å². The molecule has 6 nitrogen and oxygen atoms in total. The summed E-state index contributed by atoms with van der Waals surface area (Å²) in [6.07, 6.45) is 3.87. The zero-order valence-electron chi connectivity index (χ0n) is 11.5. The van der Waals surface area contributed by atoms with E-state index >= 15 is 0 Å². The van der Waals surface area contributed by atoms with Crippen LogP contribution in [-0.2, 0) is 11.3 Å². The standard InChI is InChI=1S/C14H18N4O2/c1-10-17-14(20-18-10)13-6-5-12(19-13)9-15-8-11-4-2-3-7-16-11/h2-4,7,12-13,15H,5-6,8-9H2,1H3/t12-,13+/m1/s1. The molecule has 20 heavy (non-hydrogen) atoms. The van der Waals surface area contributed by atoms with Gasteiger partial charge in [0.2, 0.25) is 0 Å². The van der Waals surface area contributed by atoms with Gasteiger partial charge in [0.1, 0.15) is 6.10 Å². The minimum atomic E-state index is -0.0575. The summed E-state index contributed by atoms with van der Waals surface area (Å²) >= 11 is 0. The second kappa shape index (κ2) is 6.11. The first kappa shape index (κ1) is 13.2. The van der Waals surface area contributed by atoms with Crippen LogP contribution in [0.1, 0.15) is 36.4 Å². The second-order valence-corrected chi connectivity index (χ2v) is 4.96. The van der Waals surface area contributed by atoms with Crippen molar-refractivity contribution in [2.24, 2.45) is 0 Å². The van der Waals surface area contributed by atoms with Crippen LogP contribution >= 0.6 is 0 Å². The second-order valence-electron chi connectivity index (χ2n) is 4.96. The van der Waals surface area contributed by atoms with E-state index in [9.17, 15) is 0 Å². The molecule has 2 aromatic heterocycles. The molecule has 1 N–H and O–H groups in total. The van der Waals surface area contributed by atoms with Crippen molar-refractivity contribution in [3.8, 4) is 0 Å². The smallest absolute Gasteiger partial charge is 0.255 e. The molecule has 0 bridgehead atoms. The molecule has 2 aromatic rings. The monoisotopic (exact) mass is 274 g/mol. The number of nitrogens with one attached hydrogen (secondary N) is 1. The third-order valence-electron chi connectivity index (χ3n) is 3.33. The highest BCUT2D eigenvalue weighted by molar-refractivity contribution is 5.03. The maximum Gasteiger partial charge on any atom is 0.255 e. The molecule has 0 unspecified atom stereocenters. The molecule has 6 heteroatoms. The highest BCUT2D eigenvalue weighted by atomic mass is 16.5. The average molecular weight is 274 g/mol. The van der Waals surface area contributed by atoms with Crippen LogP contribution in [0.4, 0.5) is 0 Å². The summed E-state index contributed by atoms with van der Waals surface area (Å²) in [7, 11) is 0. The first-order valence-corrected chi connectivity index (χ1v) is 6.87. The maximum absolute atomic E-state index is 5.92. The van der Waals surface area contributed by atoms with Crippen LogP contribution in [0.3, 0.4) is 0 Å². The number of aryl methyl sites for hydroxylation is 1. The molecule has 0 spiro atoms. The van der Waals surface area contributed by atoms with Crippen molar-refractivity contribution in [2.75, 3.05) is 6.54 Å². The Morgan fingerprint density at radius 3 is 3.05 bits per heavy atom. The van der Waals surface area contributed by atoms with Crippen molar-refractivity contribution in [3.63, 3.8) is 0 Å². The molecule has 3 rings (SSSR count). The van der Waals surface area contributed by atoms with Crippen molar-refractivity contribution in [1.29, 1.82) is 0 Å². The van der Waals surface area contributed by atoms with E-state index in [1.807, 2.05) is 25.1 Å². The lowest BCUT2D eigenvalue weighted by molar-refractivity contribution is 0.0264. The summed E-state index contributed by atoms with van der Waals surface area (Å²) in [6.45, 7) is 3.37. The van der Waals surface area contributed by atoms with Gasteiger partial charge in [-0.05, 0) is 31.9 Å². The number of nitrogens with zero attached hydrogens (tertiary/aromatic N) is 3. The van der Waals surface area contributed by atoms with Gasteiger partial charge in [0.05, 0.1) is 11.8 Å². The molecule has 1 aliphatic rings. The van der Waals surface area contributed by atoms with Gasteiger partial charge in [-0.3, -0.25) is 4.98 Å².